The third kappa shape index (κ3) is 6.45. The largest absolute Gasteiger partial charge is 0.466 e. The van der Waals surface area contributed by atoms with E-state index in [0.29, 0.717) is 13.0 Å². The fraction of sp³-hybridized carbons (Fsp3) is 0.471. The number of nitrogens with one attached hydrogen (secondary N) is 1. The highest BCUT2D eigenvalue weighted by molar-refractivity contribution is 5.88. The Balaban J connectivity index is 2.20. The first kappa shape index (κ1) is 17.2. The number of rotatable bonds is 9. The van der Waals surface area contributed by atoms with Crippen molar-refractivity contribution in [2.75, 3.05) is 38.7 Å². The average molecular weight is 290 g/mol. The molecule has 0 heterocycles. The number of methoxy groups -OCH3 is 1. The first-order valence-corrected chi connectivity index (χ1v) is 7.43. The molecule has 21 heavy (non-hydrogen) atoms. The van der Waals surface area contributed by atoms with E-state index in [4.69, 9.17) is 4.74 Å². The zero-order chi connectivity index (χ0) is 15.5. The quantitative estimate of drug-likeness (QED) is 0.431. The molecule has 1 rings (SSSR count). The molecule has 0 aliphatic rings. The Morgan fingerprint density at radius 2 is 2.05 bits per heavy atom. The fourth-order valence-electron chi connectivity index (χ4n) is 2.05. The van der Waals surface area contributed by atoms with Crippen LogP contribution < -0.4 is 10.2 Å². The van der Waals surface area contributed by atoms with Gasteiger partial charge in [-0.1, -0.05) is 31.2 Å². The molecular formula is C17H26N2O2. The van der Waals surface area contributed by atoms with Crippen molar-refractivity contribution >= 4 is 11.7 Å². The van der Waals surface area contributed by atoms with Gasteiger partial charge in [0.25, 0.3) is 0 Å². The molecule has 0 saturated heterocycles. The average Bonchev–Trinajstić information content (AvgIpc) is 2.54. The van der Waals surface area contributed by atoms with Crippen molar-refractivity contribution in [3.05, 3.63) is 42.0 Å². The van der Waals surface area contributed by atoms with Crippen molar-refractivity contribution in [2.45, 2.75) is 19.8 Å². The minimum Gasteiger partial charge on any atom is -0.466 e. The molecule has 0 atom stereocenters. The van der Waals surface area contributed by atoms with Crippen molar-refractivity contribution in [2.24, 2.45) is 0 Å². The molecule has 0 fully saturated rings. The Kier molecular flexibility index (Phi) is 8.21. The minimum absolute atomic E-state index is 0.233. The predicted octanol–water partition coefficient (Wildman–Crippen LogP) is 2.61. The van der Waals surface area contributed by atoms with Crippen molar-refractivity contribution < 1.29 is 9.53 Å². The van der Waals surface area contributed by atoms with Gasteiger partial charge in [-0.05, 0) is 31.5 Å². The molecule has 116 valence electrons. The van der Waals surface area contributed by atoms with Crippen LogP contribution in [-0.4, -0.2) is 39.8 Å². The van der Waals surface area contributed by atoms with Gasteiger partial charge in [-0.2, -0.15) is 0 Å². The summed E-state index contributed by atoms with van der Waals surface area (Å²) in [6.07, 6.45) is 3.66. The Bertz CT molecular complexity index is 443. The summed E-state index contributed by atoms with van der Waals surface area (Å²) < 4.78 is 4.72. The van der Waals surface area contributed by atoms with E-state index in [1.54, 1.807) is 0 Å². The van der Waals surface area contributed by atoms with Crippen LogP contribution in [0.1, 0.15) is 19.8 Å². The third-order valence-corrected chi connectivity index (χ3v) is 3.37. The molecule has 4 heteroatoms. The molecule has 1 aromatic carbocycles. The van der Waals surface area contributed by atoms with Gasteiger partial charge in [-0.3, -0.25) is 0 Å². The molecule has 0 saturated carbocycles. The Hall–Kier alpha value is -1.81. The lowest BCUT2D eigenvalue weighted by atomic mass is 10.2. The summed E-state index contributed by atoms with van der Waals surface area (Å²) >= 11 is 0. The molecule has 0 amide bonds. The van der Waals surface area contributed by atoms with Crippen LogP contribution in [0.3, 0.4) is 0 Å². The van der Waals surface area contributed by atoms with Crippen molar-refractivity contribution in [1.82, 2.24) is 5.32 Å². The van der Waals surface area contributed by atoms with E-state index in [1.807, 2.05) is 31.2 Å². The number of esters is 1. The van der Waals surface area contributed by atoms with E-state index in [9.17, 15) is 4.79 Å². The second-order valence-electron chi connectivity index (χ2n) is 4.89. The lowest BCUT2D eigenvalue weighted by Gasteiger charge is -2.19. The fourth-order valence-corrected chi connectivity index (χ4v) is 2.05. The Labute approximate surface area is 127 Å². The summed E-state index contributed by atoms with van der Waals surface area (Å²) in [5, 5.41) is 3.33. The molecule has 1 aromatic rings. The number of para-hydroxylation sites is 1. The predicted molar refractivity (Wildman–Crippen MR) is 87.6 cm³/mol. The maximum Gasteiger partial charge on any atom is 0.333 e. The van der Waals surface area contributed by atoms with Gasteiger partial charge in [0.15, 0.2) is 0 Å². The number of carbonyl (C=O) groups is 1. The van der Waals surface area contributed by atoms with Crippen LogP contribution in [-0.2, 0) is 9.53 Å². The van der Waals surface area contributed by atoms with Gasteiger partial charge in [0.2, 0.25) is 0 Å². The van der Waals surface area contributed by atoms with E-state index in [-0.39, 0.29) is 5.97 Å². The number of ether oxygens (including phenoxy) is 1. The van der Waals surface area contributed by atoms with Gasteiger partial charge < -0.3 is 15.0 Å². The molecule has 1 N–H and O–H groups in total. The van der Waals surface area contributed by atoms with Crippen molar-refractivity contribution in [3.8, 4) is 0 Å². The lowest BCUT2D eigenvalue weighted by molar-refractivity contribution is -0.136. The van der Waals surface area contributed by atoms with Gasteiger partial charge in [0, 0.05) is 31.4 Å². The van der Waals surface area contributed by atoms with Crippen molar-refractivity contribution in [3.63, 3.8) is 0 Å². The summed E-state index contributed by atoms with van der Waals surface area (Å²) in [6.45, 7) is 4.58. The molecule has 0 spiro atoms. The molecule has 0 aromatic heterocycles. The highest BCUT2D eigenvalue weighted by atomic mass is 16.5. The normalized spacial score (nSPS) is 11.3. The van der Waals surface area contributed by atoms with Gasteiger partial charge in [0.1, 0.15) is 0 Å². The number of hydrogen-bond acceptors (Lipinski definition) is 4. The van der Waals surface area contributed by atoms with Crippen LogP contribution in [0.25, 0.3) is 0 Å². The standard InChI is InChI=1S/C17H26N2O2/c1-4-15(17(20)21-3)11-13-18-12-8-14-19(2)16-9-6-5-7-10-16/h5-7,9-11,18H,4,8,12-14H2,1-3H3/b15-11-. The highest BCUT2D eigenvalue weighted by Gasteiger charge is 2.05. The first-order chi connectivity index (χ1) is 10.2. The van der Waals surface area contributed by atoms with E-state index in [0.717, 1.165) is 25.1 Å². The molecule has 0 aliphatic carbocycles. The number of benzene rings is 1. The molecule has 4 nitrogen and oxygen atoms in total. The van der Waals surface area contributed by atoms with E-state index >= 15 is 0 Å². The number of anilines is 1. The maximum absolute atomic E-state index is 11.4. The number of carbonyl (C=O) groups excluding carboxylic acids is 1. The van der Waals surface area contributed by atoms with Crippen molar-refractivity contribution in [1.29, 1.82) is 0 Å². The van der Waals surface area contributed by atoms with Crippen LogP contribution in [0.5, 0.6) is 0 Å². The van der Waals surface area contributed by atoms with Crippen LogP contribution in [0.15, 0.2) is 42.0 Å². The van der Waals surface area contributed by atoms with Gasteiger partial charge in [-0.25, -0.2) is 4.79 Å². The van der Waals surface area contributed by atoms with E-state index in [2.05, 4.69) is 29.4 Å². The summed E-state index contributed by atoms with van der Waals surface area (Å²) in [6, 6.07) is 10.3. The maximum atomic E-state index is 11.4. The zero-order valence-corrected chi connectivity index (χ0v) is 13.3. The SMILES string of the molecule is CC/C(=C/CNCCCN(C)c1ccccc1)C(=O)OC. The molecule has 0 aliphatic heterocycles. The Morgan fingerprint density at radius 1 is 1.33 bits per heavy atom. The van der Waals surface area contributed by atoms with Crippen LogP contribution >= 0.6 is 0 Å². The van der Waals surface area contributed by atoms with E-state index < -0.39 is 0 Å². The molecule has 0 unspecified atom stereocenters. The molecule has 0 bridgehead atoms. The van der Waals surface area contributed by atoms with Crippen LogP contribution in [0, 0.1) is 0 Å². The zero-order valence-electron chi connectivity index (χ0n) is 13.3. The highest BCUT2D eigenvalue weighted by Crippen LogP contribution is 2.10. The summed E-state index contributed by atoms with van der Waals surface area (Å²) in [5.41, 5.74) is 1.96. The Morgan fingerprint density at radius 3 is 2.67 bits per heavy atom. The molecular weight excluding hydrogens is 264 g/mol. The summed E-state index contributed by atoms with van der Waals surface area (Å²) in [5.74, 6) is -0.233. The summed E-state index contributed by atoms with van der Waals surface area (Å²) in [4.78, 5) is 13.6. The number of nitrogens with zero attached hydrogens (tertiary/aromatic N) is 1. The van der Waals surface area contributed by atoms with Gasteiger partial charge in [-0.15, -0.1) is 0 Å². The third-order valence-electron chi connectivity index (χ3n) is 3.37. The number of hydrogen-bond donors (Lipinski definition) is 1. The second kappa shape index (κ2) is 10.00. The minimum atomic E-state index is -0.233. The second-order valence-corrected chi connectivity index (χ2v) is 4.89. The van der Waals surface area contributed by atoms with Gasteiger partial charge >= 0.3 is 5.97 Å². The summed E-state index contributed by atoms with van der Waals surface area (Å²) in [7, 11) is 3.51. The monoisotopic (exact) mass is 290 g/mol. The topological polar surface area (TPSA) is 41.6 Å². The smallest absolute Gasteiger partial charge is 0.333 e. The first-order valence-electron chi connectivity index (χ1n) is 7.43. The molecule has 0 radical (unpaired) electrons. The van der Waals surface area contributed by atoms with Crippen LogP contribution in [0.2, 0.25) is 0 Å². The lowest BCUT2D eigenvalue weighted by Crippen LogP contribution is -2.24. The van der Waals surface area contributed by atoms with Gasteiger partial charge in [0.05, 0.1) is 7.11 Å². The van der Waals surface area contributed by atoms with Crippen LogP contribution in [0.4, 0.5) is 5.69 Å². The van der Waals surface area contributed by atoms with E-state index in [1.165, 1.54) is 12.8 Å².